The molecule has 1 N–H and O–H groups in total. The number of halogens is 1. The third-order valence-electron chi connectivity index (χ3n) is 5.87. The maximum atomic E-state index is 15.5. The highest BCUT2D eigenvalue weighted by Crippen LogP contribution is 2.37. The SMILES string of the molecule is C=Cc1nn(C2CCCCO2)c2cc(F)c(-c3cnn(C)c3O[C@H](C)CNC(=O)OC(C)(C)C)cc12. The largest absolute Gasteiger partial charge is 0.472 e. The van der Waals surface area contributed by atoms with E-state index in [1.54, 1.807) is 57.8 Å². The quantitative estimate of drug-likeness (QED) is 0.480. The van der Waals surface area contributed by atoms with Crippen molar-refractivity contribution in [3.05, 3.63) is 36.4 Å². The van der Waals surface area contributed by atoms with Gasteiger partial charge in [0.05, 0.1) is 29.5 Å². The number of aryl methyl sites for hydroxylation is 1. The topological polar surface area (TPSA) is 92.4 Å². The van der Waals surface area contributed by atoms with Gasteiger partial charge >= 0.3 is 6.09 Å². The molecule has 0 aliphatic carbocycles. The van der Waals surface area contributed by atoms with Crippen LogP contribution < -0.4 is 10.1 Å². The van der Waals surface area contributed by atoms with Crippen LogP contribution in [-0.2, 0) is 16.5 Å². The molecule has 1 saturated heterocycles. The number of alkyl carbamates (subject to hydrolysis) is 1. The van der Waals surface area contributed by atoms with Crippen molar-refractivity contribution in [2.24, 2.45) is 7.05 Å². The molecule has 2 aromatic heterocycles. The standard InChI is InChI=1S/C26H34FN5O4/c1-7-21-18-12-17(20(27)13-22(18)32(30-21)23-10-8-9-11-34-23)19-15-29-31(6)24(19)35-16(2)14-28-25(33)36-26(3,4)5/h7,12-13,15-16,23H,1,8-11,14H2,2-6H3,(H,28,33)/t16-,23?/m1/s1. The average molecular weight is 500 g/mol. The summed E-state index contributed by atoms with van der Waals surface area (Å²) in [6.07, 6.45) is 4.92. The number of hydrogen-bond donors (Lipinski definition) is 1. The molecular formula is C26H34FN5O4. The molecule has 1 fully saturated rings. The Balaban J connectivity index is 1.61. The molecule has 0 saturated carbocycles. The summed E-state index contributed by atoms with van der Waals surface area (Å²) in [6, 6.07) is 3.23. The molecule has 194 valence electrons. The van der Waals surface area contributed by atoms with Gasteiger partial charge < -0.3 is 19.5 Å². The van der Waals surface area contributed by atoms with E-state index in [2.05, 4.69) is 22.1 Å². The summed E-state index contributed by atoms with van der Waals surface area (Å²) in [5.74, 6) is -0.0395. The monoisotopic (exact) mass is 499 g/mol. The third kappa shape index (κ3) is 5.53. The summed E-state index contributed by atoms with van der Waals surface area (Å²) in [6.45, 7) is 11.9. The van der Waals surface area contributed by atoms with Crippen LogP contribution in [0, 0.1) is 5.82 Å². The van der Waals surface area contributed by atoms with E-state index in [9.17, 15) is 4.79 Å². The Kier molecular flexibility index (Phi) is 7.35. The van der Waals surface area contributed by atoms with Gasteiger partial charge in [-0.3, -0.25) is 0 Å². The van der Waals surface area contributed by atoms with E-state index in [-0.39, 0.29) is 12.8 Å². The molecule has 10 heteroatoms. The number of nitrogens with one attached hydrogen (secondary N) is 1. The molecule has 3 aromatic rings. The lowest BCUT2D eigenvalue weighted by molar-refractivity contribution is -0.0367. The van der Waals surface area contributed by atoms with E-state index >= 15 is 4.39 Å². The highest BCUT2D eigenvalue weighted by molar-refractivity contribution is 5.91. The lowest BCUT2D eigenvalue weighted by Crippen LogP contribution is -2.37. The number of amides is 1. The van der Waals surface area contributed by atoms with E-state index in [4.69, 9.17) is 14.2 Å². The second-order valence-electron chi connectivity index (χ2n) is 10.0. The van der Waals surface area contributed by atoms with Crippen molar-refractivity contribution in [1.29, 1.82) is 0 Å². The molecule has 1 amide bonds. The summed E-state index contributed by atoms with van der Waals surface area (Å²) in [5.41, 5.74) is 1.55. The van der Waals surface area contributed by atoms with E-state index < -0.39 is 23.6 Å². The van der Waals surface area contributed by atoms with Gasteiger partial charge in [0, 0.05) is 30.7 Å². The number of aromatic nitrogens is 4. The molecular weight excluding hydrogens is 465 g/mol. The number of rotatable bonds is 7. The second-order valence-corrected chi connectivity index (χ2v) is 10.0. The van der Waals surface area contributed by atoms with E-state index in [1.807, 2.05) is 0 Å². The highest BCUT2D eigenvalue weighted by atomic mass is 19.1. The third-order valence-corrected chi connectivity index (χ3v) is 5.87. The summed E-state index contributed by atoms with van der Waals surface area (Å²) >= 11 is 0. The minimum atomic E-state index is -0.596. The number of hydrogen-bond acceptors (Lipinski definition) is 6. The second kappa shape index (κ2) is 10.3. The van der Waals surface area contributed by atoms with Crippen molar-refractivity contribution in [2.75, 3.05) is 13.2 Å². The van der Waals surface area contributed by atoms with Gasteiger partial charge in [-0.15, -0.1) is 0 Å². The number of carbonyl (C=O) groups is 1. The average Bonchev–Trinajstić information content (AvgIpc) is 3.36. The molecule has 2 atom stereocenters. The first-order valence-electron chi connectivity index (χ1n) is 12.2. The summed E-state index contributed by atoms with van der Waals surface area (Å²) in [5, 5.41) is 12.4. The Bertz CT molecular complexity index is 1250. The molecule has 36 heavy (non-hydrogen) atoms. The molecule has 1 unspecified atom stereocenters. The predicted octanol–water partition coefficient (Wildman–Crippen LogP) is 5.21. The zero-order valence-corrected chi connectivity index (χ0v) is 21.5. The van der Waals surface area contributed by atoms with Gasteiger partial charge in [0.15, 0.2) is 6.23 Å². The van der Waals surface area contributed by atoms with E-state index in [1.165, 1.54) is 10.7 Å². The molecule has 3 heterocycles. The van der Waals surface area contributed by atoms with Crippen LogP contribution in [0.25, 0.3) is 28.1 Å². The Morgan fingerprint density at radius 2 is 2.14 bits per heavy atom. The first-order chi connectivity index (χ1) is 17.1. The predicted molar refractivity (Wildman–Crippen MR) is 135 cm³/mol. The van der Waals surface area contributed by atoms with Gasteiger partial charge in [-0.2, -0.15) is 10.2 Å². The van der Waals surface area contributed by atoms with Gasteiger partial charge in [-0.05, 0) is 59.1 Å². The van der Waals surface area contributed by atoms with Gasteiger partial charge in [-0.25, -0.2) is 18.5 Å². The van der Waals surface area contributed by atoms with E-state index in [0.29, 0.717) is 34.8 Å². The number of ether oxygens (including phenoxy) is 3. The van der Waals surface area contributed by atoms with Crippen LogP contribution in [-0.4, -0.2) is 50.5 Å². The Labute approximate surface area is 210 Å². The maximum Gasteiger partial charge on any atom is 0.407 e. The lowest BCUT2D eigenvalue weighted by Gasteiger charge is -2.23. The lowest BCUT2D eigenvalue weighted by atomic mass is 10.0. The first kappa shape index (κ1) is 25.7. The van der Waals surface area contributed by atoms with Gasteiger partial charge in [0.1, 0.15) is 17.5 Å². The van der Waals surface area contributed by atoms with Crippen molar-refractivity contribution in [3.8, 4) is 17.0 Å². The summed E-state index contributed by atoms with van der Waals surface area (Å²) in [7, 11) is 1.72. The van der Waals surface area contributed by atoms with Crippen LogP contribution in [0.15, 0.2) is 24.9 Å². The minimum absolute atomic E-state index is 0.204. The number of benzene rings is 1. The van der Waals surface area contributed by atoms with Gasteiger partial charge in [0.2, 0.25) is 5.88 Å². The fourth-order valence-corrected chi connectivity index (χ4v) is 4.20. The Morgan fingerprint density at radius 1 is 1.36 bits per heavy atom. The minimum Gasteiger partial charge on any atom is -0.472 e. The molecule has 4 rings (SSSR count). The van der Waals surface area contributed by atoms with Crippen molar-refractivity contribution in [1.82, 2.24) is 24.9 Å². The molecule has 1 aromatic carbocycles. The number of fused-ring (bicyclic) bond motifs is 1. The molecule has 0 radical (unpaired) electrons. The normalized spacial score (nSPS) is 17.1. The molecule has 9 nitrogen and oxygen atoms in total. The van der Waals surface area contributed by atoms with Crippen molar-refractivity contribution < 1.29 is 23.4 Å². The Morgan fingerprint density at radius 3 is 2.81 bits per heavy atom. The van der Waals surface area contributed by atoms with Crippen molar-refractivity contribution >= 4 is 23.1 Å². The fraction of sp³-hybridized carbons (Fsp3) is 0.500. The van der Waals surface area contributed by atoms with Crippen LogP contribution in [0.3, 0.4) is 0 Å². The van der Waals surface area contributed by atoms with Crippen molar-refractivity contribution in [2.45, 2.75) is 64.9 Å². The summed E-state index contributed by atoms with van der Waals surface area (Å²) < 4.78 is 36.1. The van der Waals surface area contributed by atoms with Crippen LogP contribution in [0.2, 0.25) is 0 Å². The molecule has 0 bridgehead atoms. The first-order valence-corrected chi connectivity index (χ1v) is 12.2. The number of nitrogens with zero attached hydrogens (tertiary/aromatic N) is 4. The maximum absolute atomic E-state index is 15.5. The zero-order valence-electron chi connectivity index (χ0n) is 21.5. The molecule has 0 spiro atoms. The highest BCUT2D eigenvalue weighted by Gasteiger charge is 2.24. The zero-order chi connectivity index (χ0) is 26.0. The fourth-order valence-electron chi connectivity index (χ4n) is 4.20. The summed E-state index contributed by atoms with van der Waals surface area (Å²) in [4.78, 5) is 12.0. The molecule has 1 aliphatic heterocycles. The van der Waals surface area contributed by atoms with Crippen LogP contribution in [0.1, 0.15) is 58.9 Å². The van der Waals surface area contributed by atoms with Crippen molar-refractivity contribution in [3.63, 3.8) is 0 Å². The van der Waals surface area contributed by atoms with Crippen LogP contribution >= 0.6 is 0 Å². The van der Waals surface area contributed by atoms with Gasteiger partial charge in [-0.1, -0.05) is 6.58 Å². The van der Waals surface area contributed by atoms with Crippen LogP contribution in [0.4, 0.5) is 9.18 Å². The van der Waals surface area contributed by atoms with Gasteiger partial charge in [0.25, 0.3) is 0 Å². The van der Waals surface area contributed by atoms with Crippen LogP contribution in [0.5, 0.6) is 5.88 Å². The van der Waals surface area contributed by atoms with E-state index in [0.717, 1.165) is 24.6 Å². The Hall–Kier alpha value is -3.40. The molecule has 1 aliphatic rings. The number of carbonyl (C=O) groups excluding carboxylic acids is 1. The smallest absolute Gasteiger partial charge is 0.407 e.